The van der Waals surface area contributed by atoms with E-state index in [1.54, 1.807) is 18.2 Å². The summed E-state index contributed by atoms with van der Waals surface area (Å²) in [6, 6.07) is 5.22. The first kappa shape index (κ1) is 20.8. The van der Waals surface area contributed by atoms with Gasteiger partial charge in [0.05, 0.1) is 14.2 Å². The molecule has 2 rings (SSSR count). The third kappa shape index (κ3) is 6.32. The monoisotopic (exact) mass is 380 g/mol. The Hall–Kier alpha value is -2.48. The largest absolute Gasteiger partial charge is 0.493 e. The number of para-hydroxylation sites is 1. The number of nitrogens with one attached hydrogen (secondary N) is 2. The molecule has 1 fully saturated rings. The molecule has 0 bridgehead atoms. The number of carbonyl (C=O) groups excluding carboxylic acids is 2. The summed E-state index contributed by atoms with van der Waals surface area (Å²) in [5.74, 6) is 1.68. The van der Waals surface area contributed by atoms with Gasteiger partial charge in [0, 0.05) is 25.4 Å². The summed E-state index contributed by atoms with van der Waals surface area (Å²) in [7, 11) is 3.03. The molecule has 8 heteroatoms. The minimum atomic E-state index is -0.898. The molecule has 2 amide bonds. The number of aliphatic hydroxyl groups is 1. The van der Waals surface area contributed by atoms with Crippen LogP contribution in [-0.4, -0.2) is 56.9 Å². The van der Waals surface area contributed by atoms with E-state index in [4.69, 9.17) is 14.2 Å². The van der Waals surface area contributed by atoms with E-state index in [0.717, 1.165) is 6.42 Å². The van der Waals surface area contributed by atoms with Crippen LogP contribution in [0.15, 0.2) is 18.2 Å². The normalized spacial score (nSPS) is 19.0. The summed E-state index contributed by atoms with van der Waals surface area (Å²) in [4.78, 5) is 23.5. The zero-order chi connectivity index (χ0) is 19.8. The van der Waals surface area contributed by atoms with Crippen LogP contribution in [0.3, 0.4) is 0 Å². The van der Waals surface area contributed by atoms with Gasteiger partial charge >= 0.3 is 0 Å². The predicted molar refractivity (Wildman–Crippen MR) is 99.0 cm³/mol. The second kappa shape index (κ2) is 10.0. The van der Waals surface area contributed by atoms with Crippen LogP contribution in [0.25, 0.3) is 0 Å². The van der Waals surface area contributed by atoms with Crippen LogP contribution >= 0.6 is 0 Å². The van der Waals surface area contributed by atoms with Gasteiger partial charge in [0.2, 0.25) is 17.6 Å². The van der Waals surface area contributed by atoms with Crippen LogP contribution in [0.2, 0.25) is 0 Å². The number of hydrogen-bond donors (Lipinski definition) is 3. The first-order valence-corrected chi connectivity index (χ1v) is 9.02. The van der Waals surface area contributed by atoms with E-state index in [-0.39, 0.29) is 37.3 Å². The van der Waals surface area contributed by atoms with Gasteiger partial charge in [-0.2, -0.15) is 0 Å². The molecule has 1 aliphatic rings. The fourth-order valence-electron chi connectivity index (χ4n) is 2.64. The second-order valence-corrected chi connectivity index (χ2v) is 6.62. The minimum Gasteiger partial charge on any atom is -0.493 e. The maximum atomic E-state index is 11.8. The van der Waals surface area contributed by atoms with Crippen LogP contribution < -0.4 is 24.8 Å². The van der Waals surface area contributed by atoms with E-state index in [2.05, 4.69) is 10.6 Å². The maximum Gasteiger partial charge on any atom is 0.223 e. The van der Waals surface area contributed by atoms with Crippen LogP contribution in [0.4, 0.5) is 0 Å². The fourth-order valence-corrected chi connectivity index (χ4v) is 2.64. The summed E-state index contributed by atoms with van der Waals surface area (Å²) in [6.07, 6.45) is 0.188. The molecular weight excluding hydrogens is 352 g/mol. The topological polar surface area (TPSA) is 106 Å². The fraction of sp³-hybridized carbons (Fsp3) is 0.579. The van der Waals surface area contributed by atoms with E-state index < -0.39 is 6.10 Å². The Morgan fingerprint density at radius 2 is 1.85 bits per heavy atom. The number of hydrogen-bond acceptors (Lipinski definition) is 6. The van der Waals surface area contributed by atoms with E-state index in [1.807, 2.05) is 6.92 Å². The highest BCUT2D eigenvalue weighted by atomic mass is 16.5. The van der Waals surface area contributed by atoms with E-state index in [9.17, 15) is 14.7 Å². The van der Waals surface area contributed by atoms with Crippen molar-refractivity contribution in [3.63, 3.8) is 0 Å². The molecule has 3 atom stereocenters. The van der Waals surface area contributed by atoms with Gasteiger partial charge in [-0.1, -0.05) is 13.0 Å². The smallest absolute Gasteiger partial charge is 0.223 e. The molecule has 1 aromatic rings. The van der Waals surface area contributed by atoms with Gasteiger partial charge < -0.3 is 30.0 Å². The van der Waals surface area contributed by atoms with Gasteiger partial charge in [-0.05, 0) is 24.5 Å². The Balaban J connectivity index is 1.66. The molecule has 0 heterocycles. The second-order valence-electron chi connectivity index (χ2n) is 6.62. The lowest BCUT2D eigenvalue weighted by Crippen LogP contribution is -2.37. The summed E-state index contributed by atoms with van der Waals surface area (Å²) >= 11 is 0. The molecule has 150 valence electrons. The third-order valence-corrected chi connectivity index (χ3v) is 4.44. The Bertz CT molecular complexity index is 629. The quantitative estimate of drug-likeness (QED) is 0.522. The highest BCUT2D eigenvalue weighted by molar-refractivity contribution is 5.82. The van der Waals surface area contributed by atoms with Gasteiger partial charge in [0.25, 0.3) is 0 Å². The third-order valence-electron chi connectivity index (χ3n) is 4.44. The van der Waals surface area contributed by atoms with Gasteiger partial charge in [0.15, 0.2) is 11.5 Å². The number of benzene rings is 1. The SMILES string of the molecule is COc1cccc(OC)c1OCC(O)CNC(=O)CCNC(=O)C1CC1C. The molecule has 0 aromatic heterocycles. The average Bonchev–Trinajstić information content (AvgIpc) is 3.40. The molecule has 1 saturated carbocycles. The number of carbonyl (C=O) groups is 2. The Kier molecular flexibility index (Phi) is 7.72. The molecule has 3 unspecified atom stereocenters. The standard InChI is InChI=1S/C19H28N2O6/c1-12-9-14(12)19(24)20-8-7-17(23)21-10-13(22)11-27-18-15(25-2)5-4-6-16(18)26-3/h4-6,12-14,22H,7-11H2,1-3H3,(H,20,24)(H,21,23). The lowest BCUT2D eigenvalue weighted by Gasteiger charge is -2.17. The number of rotatable bonds is 11. The maximum absolute atomic E-state index is 11.8. The van der Waals surface area contributed by atoms with Crippen molar-refractivity contribution < 1.29 is 28.9 Å². The molecule has 27 heavy (non-hydrogen) atoms. The molecule has 0 aliphatic heterocycles. The van der Waals surface area contributed by atoms with Gasteiger partial charge in [0.1, 0.15) is 12.7 Å². The van der Waals surface area contributed by atoms with Crippen molar-refractivity contribution in [2.24, 2.45) is 11.8 Å². The van der Waals surface area contributed by atoms with Gasteiger partial charge in [-0.25, -0.2) is 0 Å². The van der Waals surface area contributed by atoms with Gasteiger partial charge in [-0.15, -0.1) is 0 Å². The van der Waals surface area contributed by atoms with Crippen molar-refractivity contribution >= 4 is 11.8 Å². The highest BCUT2D eigenvalue weighted by Crippen LogP contribution is 2.37. The zero-order valence-corrected chi connectivity index (χ0v) is 16.0. The molecule has 3 N–H and O–H groups in total. The first-order valence-electron chi connectivity index (χ1n) is 9.02. The Morgan fingerprint density at radius 1 is 1.22 bits per heavy atom. The van der Waals surface area contributed by atoms with E-state index in [1.165, 1.54) is 14.2 Å². The van der Waals surface area contributed by atoms with Crippen molar-refractivity contribution in [3.05, 3.63) is 18.2 Å². The number of amides is 2. The molecule has 0 saturated heterocycles. The molecule has 1 aromatic carbocycles. The molecule has 0 radical (unpaired) electrons. The highest BCUT2D eigenvalue weighted by Gasteiger charge is 2.38. The predicted octanol–water partition coefficient (Wildman–Crippen LogP) is 0.722. The van der Waals surface area contributed by atoms with Crippen molar-refractivity contribution in [2.45, 2.75) is 25.9 Å². The lowest BCUT2D eigenvalue weighted by molar-refractivity contribution is -0.123. The number of aliphatic hydroxyl groups excluding tert-OH is 1. The molecule has 1 aliphatic carbocycles. The van der Waals surface area contributed by atoms with Crippen LogP contribution in [0.5, 0.6) is 17.2 Å². The summed E-state index contributed by atoms with van der Waals surface area (Å²) in [6.45, 7) is 2.33. The summed E-state index contributed by atoms with van der Waals surface area (Å²) in [5, 5.41) is 15.4. The number of ether oxygens (including phenoxy) is 3. The molecule has 8 nitrogen and oxygen atoms in total. The average molecular weight is 380 g/mol. The Morgan fingerprint density at radius 3 is 2.41 bits per heavy atom. The molecule has 0 spiro atoms. The van der Waals surface area contributed by atoms with Crippen LogP contribution in [0.1, 0.15) is 19.8 Å². The molecular formula is C19H28N2O6. The van der Waals surface area contributed by atoms with E-state index in [0.29, 0.717) is 29.7 Å². The summed E-state index contributed by atoms with van der Waals surface area (Å²) < 4.78 is 16.0. The zero-order valence-electron chi connectivity index (χ0n) is 16.0. The van der Waals surface area contributed by atoms with Crippen molar-refractivity contribution in [1.82, 2.24) is 10.6 Å². The van der Waals surface area contributed by atoms with Crippen molar-refractivity contribution in [1.29, 1.82) is 0 Å². The van der Waals surface area contributed by atoms with E-state index >= 15 is 0 Å². The van der Waals surface area contributed by atoms with Crippen molar-refractivity contribution in [2.75, 3.05) is 33.9 Å². The first-order chi connectivity index (χ1) is 13.0. The van der Waals surface area contributed by atoms with Gasteiger partial charge in [-0.3, -0.25) is 9.59 Å². The number of methoxy groups -OCH3 is 2. The van der Waals surface area contributed by atoms with Crippen molar-refractivity contribution in [3.8, 4) is 17.2 Å². The summed E-state index contributed by atoms with van der Waals surface area (Å²) in [5.41, 5.74) is 0. The minimum absolute atomic E-state index is 0.00879. The lowest BCUT2D eigenvalue weighted by atomic mass is 10.3. The van der Waals surface area contributed by atoms with Crippen LogP contribution in [0, 0.1) is 11.8 Å². The Labute approximate surface area is 159 Å². The van der Waals surface area contributed by atoms with Crippen LogP contribution in [-0.2, 0) is 9.59 Å².